The summed E-state index contributed by atoms with van der Waals surface area (Å²) in [6, 6.07) is 7.39. The first kappa shape index (κ1) is 13.5. The van der Waals surface area contributed by atoms with Gasteiger partial charge in [0.05, 0.1) is 12.5 Å². The molecule has 4 heteroatoms. The summed E-state index contributed by atoms with van der Waals surface area (Å²) < 4.78 is 5.33. The average Bonchev–Trinajstić information content (AvgIpc) is 2.30. The van der Waals surface area contributed by atoms with Crippen LogP contribution in [0.2, 0.25) is 0 Å². The predicted molar refractivity (Wildman–Crippen MR) is 68.7 cm³/mol. The third-order valence-electron chi connectivity index (χ3n) is 2.44. The Morgan fingerprint density at radius 3 is 2.82 bits per heavy atom. The normalized spacial score (nSPS) is 12.1. The van der Waals surface area contributed by atoms with Crippen molar-refractivity contribution in [2.24, 2.45) is 0 Å². The van der Waals surface area contributed by atoms with E-state index in [0.29, 0.717) is 25.3 Å². The number of ether oxygens (including phenoxy) is 1. The van der Waals surface area contributed by atoms with Crippen molar-refractivity contribution in [2.45, 2.75) is 26.4 Å². The van der Waals surface area contributed by atoms with Crippen LogP contribution in [0.15, 0.2) is 24.3 Å². The summed E-state index contributed by atoms with van der Waals surface area (Å²) in [6.45, 7) is 5.05. The summed E-state index contributed by atoms with van der Waals surface area (Å²) in [6.07, 6.45) is 0.350. The van der Waals surface area contributed by atoms with Gasteiger partial charge in [0, 0.05) is 18.8 Å². The molecule has 1 atom stereocenters. The van der Waals surface area contributed by atoms with E-state index >= 15 is 0 Å². The molecule has 3 N–H and O–H groups in total. The van der Waals surface area contributed by atoms with Crippen LogP contribution in [-0.2, 0) is 16.0 Å². The average molecular weight is 236 g/mol. The SMILES string of the molecule is CCOC(C)CNC(=O)Cc1ccccc1N. The molecule has 1 aromatic carbocycles. The smallest absolute Gasteiger partial charge is 0.224 e. The number of benzene rings is 1. The van der Waals surface area contributed by atoms with E-state index in [1.165, 1.54) is 0 Å². The van der Waals surface area contributed by atoms with Gasteiger partial charge < -0.3 is 15.8 Å². The zero-order valence-electron chi connectivity index (χ0n) is 10.4. The summed E-state index contributed by atoms with van der Waals surface area (Å²) in [5.41, 5.74) is 7.28. The Bertz CT molecular complexity index is 366. The van der Waals surface area contributed by atoms with Gasteiger partial charge in [-0.2, -0.15) is 0 Å². The molecule has 17 heavy (non-hydrogen) atoms. The van der Waals surface area contributed by atoms with Gasteiger partial charge in [0.1, 0.15) is 0 Å². The first-order valence-electron chi connectivity index (χ1n) is 5.85. The molecule has 0 radical (unpaired) electrons. The topological polar surface area (TPSA) is 64.3 Å². The summed E-state index contributed by atoms with van der Waals surface area (Å²) in [4.78, 5) is 11.7. The van der Waals surface area contributed by atoms with Gasteiger partial charge in [0.15, 0.2) is 0 Å². The number of hydrogen-bond acceptors (Lipinski definition) is 3. The van der Waals surface area contributed by atoms with Gasteiger partial charge in [-0.1, -0.05) is 18.2 Å². The molecule has 94 valence electrons. The fraction of sp³-hybridized carbons (Fsp3) is 0.462. The molecule has 1 aromatic rings. The third-order valence-corrected chi connectivity index (χ3v) is 2.44. The molecule has 1 unspecified atom stereocenters. The number of nitrogens with two attached hydrogens (primary N) is 1. The van der Waals surface area contributed by atoms with Crippen LogP contribution in [-0.4, -0.2) is 25.2 Å². The number of carbonyl (C=O) groups excluding carboxylic acids is 1. The summed E-state index contributed by atoms with van der Waals surface area (Å²) in [7, 11) is 0. The van der Waals surface area contributed by atoms with Gasteiger partial charge in [-0.3, -0.25) is 4.79 Å². The maximum Gasteiger partial charge on any atom is 0.224 e. The number of hydrogen-bond donors (Lipinski definition) is 2. The first-order valence-corrected chi connectivity index (χ1v) is 5.85. The van der Waals surface area contributed by atoms with Crippen molar-refractivity contribution in [3.05, 3.63) is 29.8 Å². The second kappa shape index (κ2) is 6.91. The second-order valence-electron chi connectivity index (χ2n) is 3.95. The van der Waals surface area contributed by atoms with E-state index in [1.807, 2.05) is 32.0 Å². The molecular weight excluding hydrogens is 216 g/mol. The van der Waals surface area contributed by atoms with Crippen molar-refractivity contribution in [1.29, 1.82) is 0 Å². The molecule has 1 amide bonds. The van der Waals surface area contributed by atoms with Crippen molar-refractivity contribution in [3.8, 4) is 0 Å². The molecule has 1 rings (SSSR count). The first-order chi connectivity index (χ1) is 8.13. The number of nitrogens with one attached hydrogen (secondary N) is 1. The van der Waals surface area contributed by atoms with E-state index in [9.17, 15) is 4.79 Å². The Hall–Kier alpha value is -1.55. The van der Waals surface area contributed by atoms with Crippen LogP contribution in [0.4, 0.5) is 5.69 Å². The fourth-order valence-corrected chi connectivity index (χ4v) is 1.53. The molecule has 0 aromatic heterocycles. The predicted octanol–water partition coefficient (Wildman–Crippen LogP) is 1.35. The molecule has 0 saturated carbocycles. The van der Waals surface area contributed by atoms with E-state index in [4.69, 9.17) is 10.5 Å². The number of rotatable bonds is 6. The minimum absolute atomic E-state index is 0.0329. The Morgan fingerprint density at radius 2 is 2.18 bits per heavy atom. The Kier molecular flexibility index (Phi) is 5.49. The lowest BCUT2D eigenvalue weighted by Gasteiger charge is -2.12. The minimum atomic E-state index is -0.0329. The summed E-state index contributed by atoms with van der Waals surface area (Å²) in [5.74, 6) is -0.0329. The number of carbonyl (C=O) groups is 1. The lowest BCUT2D eigenvalue weighted by molar-refractivity contribution is -0.121. The van der Waals surface area contributed by atoms with Crippen LogP contribution in [0.1, 0.15) is 19.4 Å². The van der Waals surface area contributed by atoms with Crippen molar-refractivity contribution in [3.63, 3.8) is 0 Å². The molecule has 0 aliphatic carbocycles. The number of para-hydroxylation sites is 1. The van der Waals surface area contributed by atoms with Gasteiger partial charge in [-0.05, 0) is 25.5 Å². The van der Waals surface area contributed by atoms with E-state index in [1.54, 1.807) is 6.07 Å². The lowest BCUT2D eigenvalue weighted by atomic mass is 10.1. The quantitative estimate of drug-likeness (QED) is 0.733. The molecule has 0 spiro atoms. The zero-order chi connectivity index (χ0) is 12.7. The van der Waals surface area contributed by atoms with E-state index in [0.717, 1.165) is 5.56 Å². The highest BCUT2D eigenvalue weighted by atomic mass is 16.5. The molecule has 0 saturated heterocycles. The van der Waals surface area contributed by atoms with Crippen LogP contribution < -0.4 is 11.1 Å². The van der Waals surface area contributed by atoms with Gasteiger partial charge >= 0.3 is 0 Å². The maximum absolute atomic E-state index is 11.7. The minimum Gasteiger partial charge on any atom is -0.398 e. The van der Waals surface area contributed by atoms with Crippen molar-refractivity contribution < 1.29 is 9.53 Å². The largest absolute Gasteiger partial charge is 0.398 e. The van der Waals surface area contributed by atoms with Crippen LogP contribution in [0.25, 0.3) is 0 Å². The van der Waals surface area contributed by atoms with Crippen molar-refractivity contribution in [1.82, 2.24) is 5.32 Å². The molecular formula is C13H20N2O2. The zero-order valence-corrected chi connectivity index (χ0v) is 10.4. The number of nitrogen functional groups attached to an aromatic ring is 1. The molecule has 0 fully saturated rings. The molecule has 0 heterocycles. The molecule has 0 bridgehead atoms. The van der Waals surface area contributed by atoms with E-state index in [2.05, 4.69) is 5.32 Å². The second-order valence-corrected chi connectivity index (χ2v) is 3.95. The molecule has 0 aliphatic rings. The number of amides is 1. The monoisotopic (exact) mass is 236 g/mol. The fourth-order valence-electron chi connectivity index (χ4n) is 1.53. The van der Waals surface area contributed by atoms with Gasteiger partial charge in [-0.15, -0.1) is 0 Å². The Balaban J connectivity index is 2.37. The van der Waals surface area contributed by atoms with E-state index in [-0.39, 0.29) is 12.0 Å². The van der Waals surface area contributed by atoms with Gasteiger partial charge in [0.25, 0.3) is 0 Å². The van der Waals surface area contributed by atoms with Gasteiger partial charge in [-0.25, -0.2) is 0 Å². The Morgan fingerprint density at radius 1 is 1.47 bits per heavy atom. The third kappa shape index (κ3) is 4.87. The lowest BCUT2D eigenvalue weighted by Crippen LogP contribution is -2.33. The highest BCUT2D eigenvalue weighted by Crippen LogP contribution is 2.10. The van der Waals surface area contributed by atoms with Crippen molar-refractivity contribution in [2.75, 3.05) is 18.9 Å². The summed E-state index contributed by atoms with van der Waals surface area (Å²) >= 11 is 0. The maximum atomic E-state index is 11.7. The van der Waals surface area contributed by atoms with Gasteiger partial charge in [0.2, 0.25) is 5.91 Å². The molecule has 4 nitrogen and oxygen atoms in total. The van der Waals surface area contributed by atoms with Crippen LogP contribution in [0.3, 0.4) is 0 Å². The highest BCUT2D eigenvalue weighted by Gasteiger charge is 2.07. The van der Waals surface area contributed by atoms with Crippen LogP contribution in [0, 0.1) is 0 Å². The molecule has 0 aliphatic heterocycles. The van der Waals surface area contributed by atoms with Crippen LogP contribution >= 0.6 is 0 Å². The van der Waals surface area contributed by atoms with E-state index < -0.39 is 0 Å². The number of anilines is 1. The Labute approximate surface area is 102 Å². The summed E-state index contributed by atoms with van der Waals surface area (Å²) in [5, 5.41) is 2.82. The standard InChI is InChI=1S/C13H20N2O2/c1-3-17-10(2)9-15-13(16)8-11-6-4-5-7-12(11)14/h4-7,10H,3,8-9,14H2,1-2H3,(H,15,16). The van der Waals surface area contributed by atoms with Crippen molar-refractivity contribution >= 4 is 11.6 Å². The van der Waals surface area contributed by atoms with Crippen LogP contribution in [0.5, 0.6) is 0 Å². The highest BCUT2D eigenvalue weighted by molar-refractivity contribution is 5.80.